The molecular weight excluding hydrogens is 558 g/mol. The summed E-state index contributed by atoms with van der Waals surface area (Å²) < 4.78 is 46.2. The molecule has 0 fully saturated rings. The fourth-order valence-electron chi connectivity index (χ4n) is 5.03. The monoisotopic (exact) mass is 591 g/mol. The maximum absolute atomic E-state index is 13.6. The summed E-state index contributed by atoms with van der Waals surface area (Å²) >= 11 is 0. The molecule has 0 bridgehead atoms. The molecule has 1 amide bonds. The molecule has 5 rings (SSSR count). The second-order valence-electron chi connectivity index (χ2n) is 10.1. The van der Waals surface area contributed by atoms with Gasteiger partial charge in [-0.25, -0.2) is 23.2 Å². The van der Waals surface area contributed by atoms with Crippen LogP contribution in [0, 0.1) is 27.7 Å². The van der Waals surface area contributed by atoms with Gasteiger partial charge in [-0.3, -0.25) is 9.62 Å². The molecule has 1 atom stereocenters. The molecule has 2 aromatic heterocycles. The molecule has 1 aliphatic heterocycles. The highest BCUT2D eigenvalue weighted by atomic mass is 32.2. The third kappa shape index (κ3) is 5.59. The number of aryl methyl sites for hydroxylation is 3. The van der Waals surface area contributed by atoms with Crippen molar-refractivity contribution in [1.82, 2.24) is 15.1 Å². The predicted molar refractivity (Wildman–Crippen MR) is 157 cm³/mol. The van der Waals surface area contributed by atoms with E-state index in [9.17, 15) is 13.2 Å². The Morgan fingerprint density at radius 1 is 1.05 bits per heavy atom. The number of sulfonamides is 1. The summed E-state index contributed by atoms with van der Waals surface area (Å²) in [6.07, 6.45) is -0.957. The van der Waals surface area contributed by atoms with Crippen molar-refractivity contribution >= 4 is 27.8 Å². The number of hydrogen-bond donors (Lipinski definition) is 1. The standard InChI is InChI=1S/C30H33N5O6S/c1-7-39-16-23-14-22(15-35-29-27(20(5)40-30(35)36)18(3)31-21(6)32-29)12-13-24(23)25-10-8-9-11-26(25)42(37,38)34-28-17(2)19(4)41-33-28/h8-14,20H,7,15-16H2,1-6H3,(H,33,34). The zero-order valence-corrected chi connectivity index (χ0v) is 25.2. The van der Waals surface area contributed by atoms with Gasteiger partial charge >= 0.3 is 6.09 Å². The van der Waals surface area contributed by atoms with Gasteiger partial charge in [-0.05, 0) is 64.3 Å². The van der Waals surface area contributed by atoms with Crippen LogP contribution in [0.25, 0.3) is 11.1 Å². The second-order valence-corrected chi connectivity index (χ2v) is 11.8. The molecule has 3 heterocycles. The fraction of sp³-hybridized carbons (Fsp3) is 0.333. The van der Waals surface area contributed by atoms with Gasteiger partial charge in [0.25, 0.3) is 10.0 Å². The number of anilines is 2. The van der Waals surface area contributed by atoms with E-state index in [1.54, 1.807) is 52.0 Å². The molecule has 1 unspecified atom stereocenters. The van der Waals surface area contributed by atoms with Crippen LogP contribution in [0.5, 0.6) is 0 Å². The number of amides is 1. The van der Waals surface area contributed by atoms with Gasteiger partial charge < -0.3 is 14.0 Å². The van der Waals surface area contributed by atoms with Gasteiger partial charge in [0.05, 0.1) is 29.3 Å². The summed E-state index contributed by atoms with van der Waals surface area (Å²) in [4.78, 5) is 23.6. The SMILES string of the molecule is CCOCc1cc(CN2C(=O)OC(C)c3c(C)nc(C)nc32)ccc1-c1ccccc1S(=O)(=O)Nc1noc(C)c1C. The summed E-state index contributed by atoms with van der Waals surface area (Å²) in [7, 11) is -4.02. The molecule has 1 aliphatic rings. The van der Waals surface area contributed by atoms with Gasteiger partial charge in [0.1, 0.15) is 23.5 Å². The molecule has 0 saturated carbocycles. The zero-order chi connectivity index (χ0) is 30.2. The lowest BCUT2D eigenvalue weighted by Gasteiger charge is -2.32. The number of ether oxygens (including phenoxy) is 2. The van der Waals surface area contributed by atoms with E-state index in [0.717, 1.165) is 22.4 Å². The zero-order valence-electron chi connectivity index (χ0n) is 24.4. The van der Waals surface area contributed by atoms with E-state index in [2.05, 4.69) is 19.8 Å². The van der Waals surface area contributed by atoms with Crippen molar-refractivity contribution in [2.45, 2.75) is 65.7 Å². The molecule has 0 radical (unpaired) electrons. The van der Waals surface area contributed by atoms with Gasteiger partial charge in [-0.1, -0.05) is 41.6 Å². The quantitative estimate of drug-likeness (QED) is 0.251. The van der Waals surface area contributed by atoms with E-state index in [4.69, 9.17) is 14.0 Å². The van der Waals surface area contributed by atoms with Crippen LogP contribution in [-0.2, 0) is 32.6 Å². The van der Waals surface area contributed by atoms with E-state index in [0.29, 0.717) is 40.7 Å². The number of hydrogen-bond acceptors (Lipinski definition) is 9. The minimum Gasteiger partial charge on any atom is -0.441 e. The number of cyclic esters (lactones) is 1. The largest absolute Gasteiger partial charge is 0.441 e. The van der Waals surface area contributed by atoms with Gasteiger partial charge in [0.2, 0.25) is 0 Å². The number of benzene rings is 2. The Bertz CT molecular complexity index is 1770. The van der Waals surface area contributed by atoms with Gasteiger partial charge in [-0.15, -0.1) is 0 Å². The van der Waals surface area contributed by atoms with Crippen LogP contribution < -0.4 is 9.62 Å². The number of carbonyl (C=O) groups is 1. The van der Waals surface area contributed by atoms with Crippen molar-refractivity contribution in [3.63, 3.8) is 0 Å². The summed E-state index contributed by atoms with van der Waals surface area (Å²) in [5.74, 6) is 1.76. The Morgan fingerprint density at radius 2 is 1.81 bits per heavy atom. The number of aromatic nitrogens is 3. The molecule has 2 aromatic carbocycles. The van der Waals surface area contributed by atoms with Crippen LogP contribution in [0.15, 0.2) is 51.9 Å². The Morgan fingerprint density at radius 3 is 2.52 bits per heavy atom. The number of rotatable bonds is 9. The molecule has 12 heteroatoms. The lowest BCUT2D eigenvalue weighted by molar-refractivity contribution is 0.106. The summed E-state index contributed by atoms with van der Waals surface area (Å²) in [6.45, 7) is 11.7. The highest BCUT2D eigenvalue weighted by Crippen LogP contribution is 2.37. The maximum Gasteiger partial charge on any atom is 0.416 e. The summed E-state index contributed by atoms with van der Waals surface area (Å²) in [5.41, 5.74) is 4.89. The average molecular weight is 592 g/mol. The third-order valence-electron chi connectivity index (χ3n) is 7.22. The van der Waals surface area contributed by atoms with Crippen LogP contribution in [0.3, 0.4) is 0 Å². The first kappa shape index (κ1) is 29.2. The number of nitrogens with zero attached hydrogens (tertiary/aromatic N) is 4. The van der Waals surface area contributed by atoms with E-state index in [-0.39, 0.29) is 23.9 Å². The smallest absolute Gasteiger partial charge is 0.416 e. The van der Waals surface area contributed by atoms with Crippen molar-refractivity contribution < 1.29 is 27.2 Å². The molecule has 0 saturated heterocycles. The molecule has 0 spiro atoms. The van der Waals surface area contributed by atoms with E-state index in [1.807, 2.05) is 32.0 Å². The van der Waals surface area contributed by atoms with Gasteiger partial charge in [0.15, 0.2) is 5.82 Å². The first-order chi connectivity index (χ1) is 20.0. The molecule has 1 N–H and O–H groups in total. The Kier molecular flexibility index (Phi) is 8.02. The van der Waals surface area contributed by atoms with Gasteiger partial charge in [-0.2, -0.15) is 0 Å². The van der Waals surface area contributed by atoms with E-state index in [1.165, 1.54) is 4.90 Å². The first-order valence-electron chi connectivity index (χ1n) is 13.6. The van der Waals surface area contributed by atoms with E-state index >= 15 is 0 Å². The Hall–Kier alpha value is -4.29. The lowest BCUT2D eigenvalue weighted by atomic mass is 9.97. The van der Waals surface area contributed by atoms with Crippen LogP contribution >= 0.6 is 0 Å². The number of carbonyl (C=O) groups excluding carboxylic acids is 1. The van der Waals surface area contributed by atoms with Crippen LogP contribution in [-0.4, -0.2) is 36.2 Å². The number of fused-ring (bicyclic) bond motifs is 1. The second kappa shape index (κ2) is 11.5. The molecule has 220 valence electrons. The van der Waals surface area contributed by atoms with Crippen LogP contribution in [0.4, 0.5) is 16.4 Å². The highest BCUT2D eigenvalue weighted by Gasteiger charge is 2.34. The lowest BCUT2D eigenvalue weighted by Crippen LogP contribution is -2.38. The molecule has 0 aliphatic carbocycles. The minimum absolute atomic E-state index is 0.0840. The number of nitrogens with one attached hydrogen (secondary N) is 1. The average Bonchev–Trinajstić information content (AvgIpc) is 3.25. The van der Waals surface area contributed by atoms with Crippen LogP contribution in [0.1, 0.15) is 59.5 Å². The first-order valence-corrected chi connectivity index (χ1v) is 15.1. The molecule has 42 heavy (non-hydrogen) atoms. The van der Waals surface area contributed by atoms with Crippen LogP contribution in [0.2, 0.25) is 0 Å². The van der Waals surface area contributed by atoms with E-state index < -0.39 is 22.2 Å². The molecular formula is C30H33N5O6S. The third-order valence-corrected chi connectivity index (χ3v) is 8.61. The summed E-state index contributed by atoms with van der Waals surface area (Å²) in [5, 5.41) is 3.85. The Balaban J connectivity index is 1.54. The topological polar surface area (TPSA) is 137 Å². The predicted octanol–water partition coefficient (Wildman–Crippen LogP) is 5.92. The molecule has 11 nitrogen and oxygen atoms in total. The van der Waals surface area contributed by atoms with Crippen molar-refractivity contribution in [3.05, 3.63) is 82.0 Å². The van der Waals surface area contributed by atoms with Crippen molar-refractivity contribution in [2.75, 3.05) is 16.2 Å². The van der Waals surface area contributed by atoms with Gasteiger partial charge in [0, 0.05) is 17.7 Å². The summed E-state index contributed by atoms with van der Waals surface area (Å²) in [6, 6.07) is 12.4. The minimum atomic E-state index is -4.02. The van der Waals surface area contributed by atoms with Crippen molar-refractivity contribution in [1.29, 1.82) is 0 Å². The van der Waals surface area contributed by atoms with Crippen molar-refractivity contribution in [2.24, 2.45) is 0 Å². The molecule has 4 aromatic rings. The van der Waals surface area contributed by atoms with Crippen molar-refractivity contribution in [3.8, 4) is 11.1 Å². The highest BCUT2D eigenvalue weighted by molar-refractivity contribution is 7.92. The normalized spacial score (nSPS) is 15.0. The maximum atomic E-state index is 13.6. The fourth-order valence-corrected chi connectivity index (χ4v) is 6.31. The Labute approximate surface area is 244 Å².